The fourth-order valence-electron chi connectivity index (χ4n) is 4.80. The molecule has 0 saturated carbocycles. The molecule has 4 aromatic heterocycles. The van der Waals surface area contributed by atoms with E-state index in [2.05, 4.69) is 40.0 Å². The van der Waals surface area contributed by atoms with Crippen molar-refractivity contribution in [3.05, 3.63) is 76.6 Å². The average Bonchev–Trinajstić information content (AvgIpc) is 3.58. The maximum Gasteiger partial charge on any atom is 0.451 e. The number of rotatable bonds is 7. The Balaban J connectivity index is 1.08. The molecule has 42 heavy (non-hydrogen) atoms. The number of benzene rings is 1. The Bertz CT molecular complexity index is 1710. The molecule has 5 heterocycles. The number of hydrogen-bond donors (Lipinski definition) is 1. The molecular weight excluding hydrogens is 578 g/mol. The first kappa shape index (κ1) is 28.0. The number of ether oxygens (including phenoxy) is 1. The molecular formula is C27H24ClF4N9O. The van der Waals surface area contributed by atoms with Crippen molar-refractivity contribution in [3.63, 3.8) is 0 Å². The first-order valence-electron chi connectivity index (χ1n) is 13.1. The summed E-state index contributed by atoms with van der Waals surface area (Å²) in [6.45, 7) is 1.91. The number of nitrogens with one attached hydrogen (secondary N) is 1. The molecule has 1 aromatic carbocycles. The Morgan fingerprint density at radius 1 is 1.05 bits per heavy atom. The van der Waals surface area contributed by atoms with Crippen molar-refractivity contribution in [2.45, 2.75) is 38.1 Å². The van der Waals surface area contributed by atoms with Gasteiger partial charge in [-0.3, -0.25) is 4.90 Å². The van der Waals surface area contributed by atoms with Crippen molar-refractivity contribution in [2.75, 3.05) is 13.1 Å². The van der Waals surface area contributed by atoms with E-state index in [1.807, 2.05) is 23.7 Å². The van der Waals surface area contributed by atoms with Gasteiger partial charge < -0.3 is 14.3 Å². The lowest BCUT2D eigenvalue weighted by molar-refractivity contribution is -0.144. The second-order valence-corrected chi connectivity index (χ2v) is 10.4. The van der Waals surface area contributed by atoms with E-state index in [1.165, 1.54) is 6.20 Å². The van der Waals surface area contributed by atoms with Crippen LogP contribution in [0.25, 0.3) is 22.6 Å². The van der Waals surface area contributed by atoms with Gasteiger partial charge in [0.05, 0.1) is 12.7 Å². The number of imidazole rings is 1. The van der Waals surface area contributed by atoms with E-state index in [9.17, 15) is 17.6 Å². The molecule has 0 unspecified atom stereocenters. The number of piperidine rings is 1. The van der Waals surface area contributed by atoms with Gasteiger partial charge in [0, 0.05) is 43.3 Å². The van der Waals surface area contributed by atoms with Gasteiger partial charge >= 0.3 is 6.18 Å². The van der Waals surface area contributed by atoms with Crippen molar-refractivity contribution in [1.29, 1.82) is 0 Å². The van der Waals surface area contributed by atoms with Crippen molar-refractivity contribution < 1.29 is 22.3 Å². The quantitative estimate of drug-likeness (QED) is 0.260. The van der Waals surface area contributed by atoms with Crippen molar-refractivity contribution in [2.24, 2.45) is 7.05 Å². The topological polar surface area (TPSA) is 111 Å². The predicted molar refractivity (Wildman–Crippen MR) is 144 cm³/mol. The van der Waals surface area contributed by atoms with E-state index >= 15 is 0 Å². The number of halogens is 5. The van der Waals surface area contributed by atoms with Crippen LogP contribution in [0.3, 0.4) is 0 Å². The third-order valence-electron chi connectivity index (χ3n) is 7.05. The molecule has 1 aliphatic rings. The van der Waals surface area contributed by atoms with E-state index in [0.717, 1.165) is 17.6 Å². The highest BCUT2D eigenvalue weighted by atomic mass is 35.5. The van der Waals surface area contributed by atoms with Gasteiger partial charge in [-0.1, -0.05) is 23.7 Å². The zero-order valence-electron chi connectivity index (χ0n) is 22.2. The van der Waals surface area contributed by atoms with Gasteiger partial charge in [0.2, 0.25) is 11.6 Å². The molecule has 5 aromatic rings. The number of pyridine rings is 1. The lowest BCUT2D eigenvalue weighted by atomic mass is 10.1. The maximum absolute atomic E-state index is 14.5. The van der Waals surface area contributed by atoms with Crippen LogP contribution in [0.5, 0.6) is 5.88 Å². The zero-order chi connectivity index (χ0) is 29.4. The van der Waals surface area contributed by atoms with Gasteiger partial charge in [0.25, 0.3) is 5.88 Å². The van der Waals surface area contributed by atoms with Crippen LogP contribution in [0.4, 0.5) is 17.6 Å². The molecule has 0 amide bonds. The van der Waals surface area contributed by atoms with Crippen LogP contribution in [-0.2, 0) is 26.2 Å². The molecule has 1 aliphatic heterocycles. The summed E-state index contributed by atoms with van der Waals surface area (Å²) in [6, 6.07) is 8.93. The van der Waals surface area contributed by atoms with Crippen LogP contribution in [-0.4, -0.2) is 63.8 Å². The van der Waals surface area contributed by atoms with E-state index in [1.54, 1.807) is 18.2 Å². The van der Waals surface area contributed by atoms with Gasteiger partial charge in [-0.15, -0.1) is 10.2 Å². The lowest BCUT2D eigenvalue weighted by Gasteiger charge is -2.31. The lowest BCUT2D eigenvalue weighted by Crippen LogP contribution is -2.38. The standard InChI is InChI=1S/C27H24ClF4N9O/c1-40-22(35-20-11-16(12-34-24(20)40)23-37-26(39-38-23)27(30,31)32)14-41-8-6-18(7-9-41)42-25-19(29)13-33-21(36-25)10-15-2-4-17(28)5-3-15/h2-5,11-13,18H,6-10,14H2,1H3,(H,37,38,39). The zero-order valence-corrected chi connectivity index (χ0v) is 23.0. The number of aryl methyl sites for hydroxylation is 1. The number of aromatic amines is 1. The fourth-order valence-corrected chi connectivity index (χ4v) is 4.92. The molecule has 0 aliphatic carbocycles. The highest BCUT2D eigenvalue weighted by Gasteiger charge is 2.35. The normalized spacial score (nSPS) is 15.0. The van der Waals surface area contributed by atoms with E-state index in [4.69, 9.17) is 16.3 Å². The van der Waals surface area contributed by atoms with Gasteiger partial charge in [-0.25, -0.2) is 15.0 Å². The molecule has 1 N–H and O–H groups in total. The summed E-state index contributed by atoms with van der Waals surface area (Å²) in [5.74, 6) is -0.677. The van der Waals surface area contributed by atoms with Crippen molar-refractivity contribution in [3.8, 4) is 17.3 Å². The molecule has 1 saturated heterocycles. The van der Waals surface area contributed by atoms with Crippen LogP contribution >= 0.6 is 11.6 Å². The number of H-pyrrole nitrogens is 1. The van der Waals surface area contributed by atoms with Gasteiger partial charge in [0.1, 0.15) is 23.3 Å². The summed E-state index contributed by atoms with van der Waals surface area (Å²) < 4.78 is 60.9. The summed E-state index contributed by atoms with van der Waals surface area (Å²) in [5.41, 5.74) is 2.42. The van der Waals surface area contributed by atoms with Crippen LogP contribution in [0.1, 0.15) is 35.9 Å². The average molecular weight is 602 g/mol. The van der Waals surface area contributed by atoms with E-state index < -0.39 is 17.8 Å². The molecule has 10 nitrogen and oxygen atoms in total. The van der Waals surface area contributed by atoms with Crippen LogP contribution < -0.4 is 4.74 Å². The number of fused-ring (bicyclic) bond motifs is 1. The molecule has 15 heteroatoms. The smallest absolute Gasteiger partial charge is 0.451 e. The van der Waals surface area contributed by atoms with Crippen LogP contribution in [0.2, 0.25) is 5.02 Å². The molecule has 0 bridgehead atoms. The third-order valence-corrected chi connectivity index (χ3v) is 7.30. The van der Waals surface area contributed by atoms with Gasteiger partial charge in [-0.2, -0.15) is 22.5 Å². The van der Waals surface area contributed by atoms with Crippen LogP contribution in [0, 0.1) is 5.82 Å². The summed E-state index contributed by atoms with van der Waals surface area (Å²) in [6.07, 6.45) is -0.514. The minimum absolute atomic E-state index is 0.0387. The number of alkyl halides is 3. The summed E-state index contributed by atoms with van der Waals surface area (Å²) in [7, 11) is 1.84. The van der Waals surface area contributed by atoms with Gasteiger partial charge in [-0.05, 0) is 36.6 Å². The van der Waals surface area contributed by atoms with Crippen LogP contribution in [0.15, 0.2) is 42.7 Å². The Morgan fingerprint density at radius 2 is 1.81 bits per heavy atom. The Morgan fingerprint density at radius 3 is 2.52 bits per heavy atom. The molecule has 0 atom stereocenters. The molecule has 1 fully saturated rings. The van der Waals surface area contributed by atoms with Gasteiger partial charge in [0.15, 0.2) is 11.5 Å². The molecule has 0 spiro atoms. The summed E-state index contributed by atoms with van der Waals surface area (Å²) >= 11 is 5.94. The first-order valence-corrected chi connectivity index (χ1v) is 13.5. The fraction of sp³-hybridized carbons (Fsp3) is 0.333. The largest absolute Gasteiger partial charge is 0.472 e. The predicted octanol–water partition coefficient (Wildman–Crippen LogP) is 4.99. The Kier molecular flexibility index (Phi) is 7.49. The van der Waals surface area contributed by atoms with Crippen molar-refractivity contribution in [1.82, 2.24) is 44.6 Å². The van der Waals surface area contributed by atoms with E-state index in [-0.39, 0.29) is 17.8 Å². The minimum Gasteiger partial charge on any atom is -0.472 e. The Labute approximate surface area is 241 Å². The molecule has 0 radical (unpaired) electrons. The molecule has 218 valence electrons. The number of nitrogens with zero attached hydrogens (tertiary/aromatic N) is 8. The Hall–Kier alpha value is -4.17. The van der Waals surface area contributed by atoms with E-state index in [0.29, 0.717) is 66.5 Å². The monoisotopic (exact) mass is 601 g/mol. The highest BCUT2D eigenvalue weighted by Crippen LogP contribution is 2.28. The first-order chi connectivity index (χ1) is 20.1. The third kappa shape index (κ3) is 6.04. The second kappa shape index (κ2) is 11.2. The maximum atomic E-state index is 14.5. The minimum atomic E-state index is -4.62. The number of aromatic nitrogens is 8. The van der Waals surface area contributed by atoms with Crippen molar-refractivity contribution >= 4 is 22.8 Å². The SMILES string of the molecule is Cn1c(CN2CCC(Oc3nc(Cc4ccc(Cl)cc4)ncc3F)CC2)nc2cc(-c3nnc(C(F)(F)F)[nH]3)cnc21. The number of hydrogen-bond acceptors (Lipinski definition) is 8. The summed E-state index contributed by atoms with van der Waals surface area (Å²) in [5, 5.41) is 7.40. The summed E-state index contributed by atoms with van der Waals surface area (Å²) in [4.78, 5) is 21.8. The highest BCUT2D eigenvalue weighted by molar-refractivity contribution is 6.30. The number of likely N-dealkylation sites (tertiary alicyclic amines) is 1. The second-order valence-electron chi connectivity index (χ2n) is 10.0. The molecule has 6 rings (SSSR count).